The lowest BCUT2D eigenvalue weighted by molar-refractivity contribution is 0.112. The van der Waals surface area contributed by atoms with E-state index in [9.17, 15) is 9.18 Å². The average Bonchev–Trinajstić information content (AvgIpc) is 2.67. The smallest absolute Gasteiger partial charge is 0.177 e. The zero-order valence-electron chi connectivity index (χ0n) is 7.11. The maximum atomic E-state index is 12.6. The van der Waals surface area contributed by atoms with Gasteiger partial charge in [0.1, 0.15) is 5.82 Å². The van der Waals surface area contributed by atoms with Gasteiger partial charge in [0.05, 0.1) is 11.8 Å². The van der Waals surface area contributed by atoms with Crippen molar-refractivity contribution in [2.45, 2.75) is 0 Å². The molecule has 0 bridgehead atoms. The lowest BCUT2D eigenvalue weighted by Crippen LogP contribution is -1.81. The Morgan fingerprint density at radius 1 is 1.29 bits per heavy atom. The van der Waals surface area contributed by atoms with Gasteiger partial charge in [-0.25, -0.2) is 4.39 Å². The summed E-state index contributed by atoms with van der Waals surface area (Å²) in [6.45, 7) is 0. The Balaban J connectivity index is 2.49. The van der Waals surface area contributed by atoms with Crippen molar-refractivity contribution in [1.82, 2.24) is 5.16 Å². The minimum Gasteiger partial charge on any atom is -0.356 e. The maximum Gasteiger partial charge on any atom is 0.177 e. The molecule has 0 fully saturated rings. The third-order valence-corrected chi connectivity index (χ3v) is 1.83. The van der Waals surface area contributed by atoms with Gasteiger partial charge in [0.25, 0.3) is 0 Å². The van der Waals surface area contributed by atoms with Crippen LogP contribution in [0.1, 0.15) is 10.4 Å². The number of carbonyl (C=O) groups excluding carboxylic acids is 1. The predicted octanol–water partition coefficient (Wildman–Crippen LogP) is 2.29. The van der Waals surface area contributed by atoms with E-state index in [1.54, 1.807) is 0 Å². The second-order valence-electron chi connectivity index (χ2n) is 2.74. The molecule has 14 heavy (non-hydrogen) atoms. The van der Waals surface area contributed by atoms with E-state index in [1.165, 1.54) is 30.5 Å². The first-order valence-electron chi connectivity index (χ1n) is 3.97. The number of benzene rings is 1. The lowest BCUT2D eigenvalue weighted by Gasteiger charge is -1.95. The summed E-state index contributed by atoms with van der Waals surface area (Å²) >= 11 is 0. The number of aromatic nitrogens is 1. The number of aldehydes is 1. The highest BCUT2D eigenvalue weighted by Gasteiger charge is 2.09. The summed E-state index contributed by atoms with van der Waals surface area (Å²) in [5, 5.41) is 3.49. The normalized spacial score (nSPS) is 10.1. The topological polar surface area (TPSA) is 43.1 Å². The zero-order valence-corrected chi connectivity index (χ0v) is 7.11. The fourth-order valence-electron chi connectivity index (χ4n) is 1.15. The standard InChI is InChI=1S/C10H6FNO2/c11-9-3-1-7(2-4-9)10-8(6-13)5-12-14-10/h1-6H. The molecular formula is C10H6FNO2. The van der Waals surface area contributed by atoms with Gasteiger partial charge < -0.3 is 4.52 Å². The molecule has 0 radical (unpaired) electrons. The van der Waals surface area contributed by atoms with Crippen molar-refractivity contribution < 1.29 is 13.7 Å². The summed E-state index contributed by atoms with van der Waals surface area (Å²) in [5.41, 5.74) is 0.989. The van der Waals surface area contributed by atoms with E-state index in [-0.39, 0.29) is 5.82 Å². The minimum absolute atomic E-state index is 0.332. The van der Waals surface area contributed by atoms with E-state index < -0.39 is 0 Å². The van der Waals surface area contributed by atoms with Crippen molar-refractivity contribution in [3.05, 3.63) is 41.8 Å². The van der Waals surface area contributed by atoms with Crippen LogP contribution in [-0.4, -0.2) is 11.4 Å². The molecule has 2 aromatic rings. The van der Waals surface area contributed by atoms with E-state index in [0.717, 1.165) is 0 Å². The van der Waals surface area contributed by atoms with Crippen molar-refractivity contribution in [1.29, 1.82) is 0 Å². The molecule has 0 saturated carbocycles. The Labute approximate surface area is 79.1 Å². The van der Waals surface area contributed by atoms with Crippen molar-refractivity contribution in [3.8, 4) is 11.3 Å². The quantitative estimate of drug-likeness (QED) is 0.684. The Bertz CT molecular complexity index is 447. The van der Waals surface area contributed by atoms with Crippen LogP contribution in [0.25, 0.3) is 11.3 Å². The molecule has 0 atom stereocenters. The summed E-state index contributed by atoms with van der Waals surface area (Å²) in [4.78, 5) is 10.6. The second-order valence-corrected chi connectivity index (χ2v) is 2.74. The Hall–Kier alpha value is -1.97. The van der Waals surface area contributed by atoms with Crippen molar-refractivity contribution in [2.24, 2.45) is 0 Å². The molecule has 1 heterocycles. The van der Waals surface area contributed by atoms with E-state index in [0.29, 0.717) is 23.2 Å². The van der Waals surface area contributed by atoms with Crippen LogP contribution in [0.5, 0.6) is 0 Å². The molecule has 0 aliphatic rings. The van der Waals surface area contributed by atoms with Crippen molar-refractivity contribution >= 4 is 6.29 Å². The van der Waals surface area contributed by atoms with Gasteiger partial charge in [-0.15, -0.1) is 0 Å². The van der Waals surface area contributed by atoms with Gasteiger partial charge in [0.15, 0.2) is 12.0 Å². The van der Waals surface area contributed by atoms with Crippen LogP contribution < -0.4 is 0 Å². The lowest BCUT2D eigenvalue weighted by atomic mass is 10.1. The second kappa shape index (κ2) is 3.41. The molecule has 0 saturated heterocycles. The predicted molar refractivity (Wildman–Crippen MR) is 47.3 cm³/mol. The highest BCUT2D eigenvalue weighted by molar-refractivity contribution is 5.84. The third-order valence-electron chi connectivity index (χ3n) is 1.83. The molecule has 0 N–H and O–H groups in total. The molecule has 0 aliphatic carbocycles. The van der Waals surface area contributed by atoms with E-state index in [1.807, 2.05) is 0 Å². The van der Waals surface area contributed by atoms with Gasteiger partial charge in [-0.05, 0) is 24.3 Å². The number of carbonyl (C=O) groups is 1. The third kappa shape index (κ3) is 1.42. The van der Waals surface area contributed by atoms with E-state index in [2.05, 4.69) is 5.16 Å². The van der Waals surface area contributed by atoms with E-state index in [4.69, 9.17) is 4.52 Å². The van der Waals surface area contributed by atoms with Crippen molar-refractivity contribution in [2.75, 3.05) is 0 Å². The first kappa shape index (κ1) is 8.62. The summed E-state index contributed by atoms with van der Waals surface area (Å²) in [6.07, 6.45) is 1.97. The maximum absolute atomic E-state index is 12.6. The molecule has 0 amide bonds. The molecule has 0 unspecified atom stereocenters. The van der Waals surface area contributed by atoms with Gasteiger partial charge in [0, 0.05) is 5.56 Å². The van der Waals surface area contributed by atoms with Crippen LogP contribution >= 0.6 is 0 Å². The summed E-state index contributed by atoms with van der Waals surface area (Å²) in [6, 6.07) is 5.66. The van der Waals surface area contributed by atoms with Crippen LogP contribution in [0.4, 0.5) is 4.39 Å². The molecule has 0 aliphatic heterocycles. The van der Waals surface area contributed by atoms with Gasteiger partial charge in [-0.1, -0.05) is 5.16 Å². The Morgan fingerprint density at radius 3 is 2.64 bits per heavy atom. The van der Waals surface area contributed by atoms with Crippen molar-refractivity contribution in [3.63, 3.8) is 0 Å². The van der Waals surface area contributed by atoms with Crippen LogP contribution in [0.2, 0.25) is 0 Å². The number of rotatable bonds is 2. The SMILES string of the molecule is O=Cc1cnoc1-c1ccc(F)cc1. The van der Waals surface area contributed by atoms with Gasteiger partial charge in [0.2, 0.25) is 0 Å². The molecule has 70 valence electrons. The average molecular weight is 191 g/mol. The van der Waals surface area contributed by atoms with Crippen LogP contribution in [0, 0.1) is 5.82 Å². The van der Waals surface area contributed by atoms with Crippen LogP contribution in [0.3, 0.4) is 0 Å². The van der Waals surface area contributed by atoms with Gasteiger partial charge in [-0.2, -0.15) is 0 Å². The number of halogens is 1. The molecule has 4 heteroatoms. The van der Waals surface area contributed by atoms with E-state index >= 15 is 0 Å². The summed E-state index contributed by atoms with van der Waals surface area (Å²) in [7, 11) is 0. The Kier molecular flexibility index (Phi) is 2.10. The summed E-state index contributed by atoms with van der Waals surface area (Å²) in [5.74, 6) is 0.0286. The highest BCUT2D eigenvalue weighted by Crippen LogP contribution is 2.22. The molecule has 2 rings (SSSR count). The van der Waals surface area contributed by atoms with Crippen LogP contribution in [0.15, 0.2) is 35.0 Å². The number of nitrogens with zero attached hydrogens (tertiary/aromatic N) is 1. The van der Waals surface area contributed by atoms with Gasteiger partial charge >= 0.3 is 0 Å². The van der Waals surface area contributed by atoms with Crippen LogP contribution in [-0.2, 0) is 0 Å². The molecule has 1 aromatic carbocycles. The number of hydrogen-bond acceptors (Lipinski definition) is 3. The fourth-order valence-corrected chi connectivity index (χ4v) is 1.15. The molecule has 0 spiro atoms. The van der Waals surface area contributed by atoms with Gasteiger partial charge in [-0.3, -0.25) is 4.79 Å². The molecule has 3 nitrogen and oxygen atoms in total. The first-order chi connectivity index (χ1) is 6.81. The first-order valence-corrected chi connectivity index (χ1v) is 3.97. The number of hydrogen-bond donors (Lipinski definition) is 0. The molecular weight excluding hydrogens is 185 g/mol. The minimum atomic E-state index is -0.332. The fraction of sp³-hybridized carbons (Fsp3) is 0. The summed E-state index contributed by atoms with van der Waals surface area (Å²) < 4.78 is 17.5. The monoisotopic (exact) mass is 191 g/mol. The largest absolute Gasteiger partial charge is 0.356 e. The highest BCUT2D eigenvalue weighted by atomic mass is 19.1. The Morgan fingerprint density at radius 2 is 2.00 bits per heavy atom. The zero-order chi connectivity index (χ0) is 9.97. The molecule has 1 aromatic heterocycles.